The summed E-state index contributed by atoms with van der Waals surface area (Å²) in [4.78, 5) is 11.9. The average Bonchev–Trinajstić information content (AvgIpc) is 2.43. The van der Waals surface area contributed by atoms with Crippen molar-refractivity contribution in [2.24, 2.45) is 0 Å². The molecule has 14 heteroatoms. The van der Waals surface area contributed by atoms with E-state index < -0.39 is 45.4 Å². The Balaban J connectivity index is 3.48. The number of esters is 1. The Hall–Kier alpha value is -1.29. The van der Waals surface area contributed by atoms with Crippen molar-refractivity contribution in [2.45, 2.75) is 18.0 Å². The van der Waals surface area contributed by atoms with Gasteiger partial charge >= 0.3 is 23.9 Å². The van der Waals surface area contributed by atoms with Crippen molar-refractivity contribution < 1.29 is 53.6 Å². The molecule has 1 aromatic rings. The zero-order chi connectivity index (χ0) is 20.6. The zero-order valence-electron chi connectivity index (χ0n) is 12.5. The zero-order valence-corrected chi connectivity index (χ0v) is 15.5. The van der Waals surface area contributed by atoms with Crippen LogP contribution in [0.3, 0.4) is 0 Å². The standard InChI is InChI=1S/C12H9F6IO6S/c1-24-8-4-6(2-3-7(8)19)9(20)25-10(11(13,14)15,12(16,17)18)5-26(21,22)23/h2-4H,5H2,1H3,(H,21,22,23). The summed E-state index contributed by atoms with van der Waals surface area (Å²) in [7, 11) is -4.70. The van der Waals surface area contributed by atoms with Crippen LogP contribution in [0.2, 0.25) is 0 Å². The summed E-state index contributed by atoms with van der Waals surface area (Å²) in [6, 6.07) is 2.83. The monoisotopic (exact) mass is 522 g/mol. The fourth-order valence-electron chi connectivity index (χ4n) is 1.73. The molecule has 148 valence electrons. The number of hydrogen-bond donors (Lipinski definition) is 1. The van der Waals surface area contributed by atoms with E-state index in [4.69, 9.17) is 9.29 Å². The first kappa shape index (κ1) is 22.8. The molecule has 0 aromatic heterocycles. The van der Waals surface area contributed by atoms with Gasteiger partial charge in [0.1, 0.15) is 11.5 Å². The van der Waals surface area contributed by atoms with E-state index in [1.54, 1.807) is 22.6 Å². The molecule has 0 aliphatic heterocycles. The molecule has 0 aliphatic rings. The lowest BCUT2D eigenvalue weighted by Crippen LogP contribution is -2.63. The van der Waals surface area contributed by atoms with Crippen molar-refractivity contribution in [1.82, 2.24) is 0 Å². The van der Waals surface area contributed by atoms with Gasteiger partial charge in [0.15, 0.2) is 0 Å². The maximum absolute atomic E-state index is 13.1. The number of hydrogen-bond acceptors (Lipinski definition) is 5. The van der Waals surface area contributed by atoms with Gasteiger partial charge in [-0.15, -0.1) is 0 Å². The van der Waals surface area contributed by atoms with Crippen LogP contribution in [-0.4, -0.2) is 49.8 Å². The fourth-order valence-corrected chi connectivity index (χ4v) is 3.19. The van der Waals surface area contributed by atoms with Crippen molar-refractivity contribution in [2.75, 3.05) is 12.9 Å². The van der Waals surface area contributed by atoms with E-state index in [-0.39, 0.29) is 5.75 Å². The van der Waals surface area contributed by atoms with Crippen LogP contribution in [0.4, 0.5) is 26.3 Å². The number of halogens is 7. The highest BCUT2D eigenvalue weighted by atomic mass is 127. The molecular formula is C12H9F6IO6S. The van der Waals surface area contributed by atoms with Crippen LogP contribution in [0.5, 0.6) is 5.75 Å². The van der Waals surface area contributed by atoms with E-state index in [0.717, 1.165) is 25.3 Å². The highest BCUT2D eigenvalue weighted by Gasteiger charge is 2.76. The lowest BCUT2D eigenvalue weighted by atomic mass is 10.1. The van der Waals surface area contributed by atoms with E-state index in [1.807, 2.05) is 0 Å². The molecule has 0 unspecified atom stereocenters. The van der Waals surface area contributed by atoms with Crippen LogP contribution in [-0.2, 0) is 14.9 Å². The van der Waals surface area contributed by atoms with Gasteiger partial charge < -0.3 is 9.47 Å². The van der Waals surface area contributed by atoms with E-state index in [9.17, 15) is 39.6 Å². The van der Waals surface area contributed by atoms with Gasteiger partial charge in [0.25, 0.3) is 10.1 Å². The summed E-state index contributed by atoms with van der Waals surface area (Å²) in [6.07, 6.45) is -12.8. The SMILES string of the molecule is COc1cc(C(=O)OC(CS(=O)(=O)O)(C(F)(F)F)C(F)(F)F)ccc1I. The third-order valence-electron chi connectivity index (χ3n) is 2.96. The van der Waals surface area contributed by atoms with Gasteiger partial charge in [-0.25, -0.2) is 4.79 Å². The number of carbonyl (C=O) groups is 1. The van der Waals surface area contributed by atoms with Crippen LogP contribution < -0.4 is 4.74 Å². The van der Waals surface area contributed by atoms with Crippen molar-refractivity contribution in [1.29, 1.82) is 0 Å². The molecule has 0 heterocycles. The predicted octanol–water partition coefficient (Wildman–Crippen LogP) is 3.21. The lowest BCUT2D eigenvalue weighted by molar-refractivity contribution is -0.356. The van der Waals surface area contributed by atoms with E-state index in [2.05, 4.69) is 4.74 Å². The lowest BCUT2D eigenvalue weighted by Gasteiger charge is -2.35. The number of carbonyl (C=O) groups excluding carboxylic acids is 1. The van der Waals surface area contributed by atoms with Crippen LogP contribution in [0.15, 0.2) is 18.2 Å². The second-order valence-corrected chi connectivity index (χ2v) is 7.40. The van der Waals surface area contributed by atoms with Crippen molar-refractivity contribution >= 4 is 38.7 Å². The fraction of sp³-hybridized carbons (Fsp3) is 0.417. The largest absolute Gasteiger partial charge is 0.496 e. The molecule has 0 bridgehead atoms. The third-order valence-corrected chi connectivity index (χ3v) is 4.62. The van der Waals surface area contributed by atoms with E-state index >= 15 is 0 Å². The molecule has 26 heavy (non-hydrogen) atoms. The molecule has 1 aromatic carbocycles. The molecule has 0 spiro atoms. The Morgan fingerprint density at radius 1 is 1.15 bits per heavy atom. The molecule has 0 amide bonds. The summed E-state index contributed by atoms with van der Waals surface area (Å²) in [5.74, 6) is -5.10. The molecule has 0 fully saturated rings. The van der Waals surface area contributed by atoms with Gasteiger partial charge in [-0.2, -0.15) is 34.8 Å². The van der Waals surface area contributed by atoms with Crippen molar-refractivity contribution in [3.05, 3.63) is 27.3 Å². The minimum atomic E-state index is -6.38. The summed E-state index contributed by atoms with van der Waals surface area (Å²) < 4.78 is 117. The van der Waals surface area contributed by atoms with Crippen LogP contribution in [0, 0.1) is 3.57 Å². The average molecular weight is 522 g/mol. The van der Waals surface area contributed by atoms with Gasteiger partial charge in [0, 0.05) is 0 Å². The van der Waals surface area contributed by atoms with Gasteiger partial charge in [-0.1, -0.05) is 0 Å². The maximum atomic E-state index is 13.1. The normalized spacial score (nSPS) is 13.4. The molecule has 0 saturated carbocycles. The highest BCUT2D eigenvalue weighted by Crippen LogP contribution is 2.47. The van der Waals surface area contributed by atoms with Gasteiger partial charge in [0.2, 0.25) is 0 Å². The van der Waals surface area contributed by atoms with E-state index in [1.165, 1.54) is 0 Å². The Morgan fingerprint density at radius 3 is 2.04 bits per heavy atom. The second-order valence-electron chi connectivity index (χ2n) is 4.79. The summed E-state index contributed by atoms with van der Waals surface area (Å²) >= 11 is 1.72. The minimum absolute atomic E-state index is 0.0422. The van der Waals surface area contributed by atoms with E-state index in [0.29, 0.717) is 3.57 Å². The molecule has 0 aliphatic carbocycles. The quantitative estimate of drug-likeness (QED) is 0.277. The summed E-state index contributed by atoms with van der Waals surface area (Å²) in [6.45, 7) is 0. The summed E-state index contributed by atoms with van der Waals surface area (Å²) in [5.41, 5.74) is -6.21. The highest BCUT2D eigenvalue weighted by molar-refractivity contribution is 14.1. The first-order valence-corrected chi connectivity index (χ1v) is 8.88. The predicted molar refractivity (Wildman–Crippen MR) is 82.4 cm³/mol. The number of ether oxygens (including phenoxy) is 2. The molecule has 0 saturated heterocycles. The first-order valence-electron chi connectivity index (χ1n) is 6.19. The second kappa shape index (κ2) is 7.38. The molecule has 6 nitrogen and oxygen atoms in total. The molecule has 1 rings (SSSR count). The number of alkyl halides is 6. The molecule has 0 atom stereocenters. The van der Waals surface area contributed by atoms with Crippen molar-refractivity contribution in [3.63, 3.8) is 0 Å². The smallest absolute Gasteiger partial charge is 0.438 e. The summed E-state index contributed by atoms with van der Waals surface area (Å²) in [5, 5.41) is 0. The Kier molecular flexibility index (Phi) is 6.46. The molecular weight excluding hydrogens is 513 g/mol. The number of methoxy groups -OCH3 is 1. The maximum Gasteiger partial charge on any atom is 0.438 e. The third kappa shape index (κ3) is 4.91. The van der Waals surface area contributed by atoms with Gasteiger partial charge in [-0.05, 0) is 40.8 Å². The Bertz CT molecular complexity index is 774. The molecule has 1 N–H and O–H groups in total. The number of benzene rings is 1. The van der Waals surface area contributed by atoms with Crippen LogP contribution in [0.1, 0.15) is 10.4 Å². The van der Waals surface area contributed by atoms with Crippen LogP contribution in [0.25, 0.3) is 0 Å². The topological polar surface area (TPSA) is 89.9 Å². The minimum Gasteiger partial charge on any atom is -0.496 e. The van der Waals surface area contributed by atoms with Gasteiger partial charge in [0.05, 0.1) is 16.2 Å². The Morgan fingerprint density at radius 2 is 1.65 bits per heavy atom. The number of rotatable bonds is 5. The van der Waals surface area contributed by atoms with Crippen molar-refractivity contribution in [3.8, 4) is 5.75 Å². The van der Waals surface area contributed by atoms with Gasteiger partial charge in [-0.3, -0.25) is 4.55 Å². The van der Waals surface area contributed by atoms with Crippen LogP contribution >= 0.6 is 22.6 Å². The molecule has 0 radical (unpaired) electrons. The first-order chi connectivity index (χ1) is 11.5. The Labute approximate surface area is 156 Å².